The molecule has 1 saturated heterocycles. The number of aliphatic hydroxyl groups is 1. The Bertz CT molecular complexity index is 218. The molecule has 1 rings (SSSR count). The van der Waals surface area contributed by atoms with Gasteiger partial charge in [-0.25, -0.2) is 0 Å². The summed E-state index contributed by atoms with van der Waals surface area (Å²) in [6.45, 7) is 7.76. The van der Waals surface area contributed by atoms with Crippen LogP contribution < -0.4 is 0 Å². The number of nitrogens with zero attached hydrogens (tertiary/aromatic N) is 1. The van der Waals surface area contributed by atoms with Gasteiger partial charge in [-0.3, -0.25) is 4.79 Å². The lowest BCUT2D eigenvalue weighted by molar-refractivity contribution is -0.132. The van der Waals surface area contributed by atoms with Crippen LogP contribution >= 0.6 is 0 Å². The zero-order chi connectivity index (χ0) is 11.4. The van der Waals surface area contributed by atoms with E-state index in [1.54, 1.807) is 4.90 Å². The molecule has 1 amide bonds. The van der Waals surface area contributed by atoms with Crippen LogP contribution in [-0.2, 0) is 9.53 Å². The number of likely N-dealkylation sites (tertiary alicyclic amines) is 1. The summed E-state index contributed by atoms with van der Waals surface area (Å²) in [7, 11) is 0. The Hall–Kier alpha value is -0.610. The van der Waals surface area contributed by atoms with Gasteiger partial charge in [0.15, 0.2) is 0 Å². The van der Waals surface area contributed by atoms with E-state index in [1.165, 1.54) is 0 Å². The molecule has 0 aromatic carbocycles. The molecule has 1 aliphatic rings. The third-order valence-corrected chi connectivity index (χ3v) is 2.80. The van der Waals surface area contributed by atoms with Gasteiger partial charge in [0.1, 0.15) is 0 Å². The third-order valence-electron chi connectivity index (χ3n) is 2.80. The molecule has 4 nitrogen and oxygen atoms in total. The molecule has 0 bridgehead atoms. The summed E-state index contributed by atoms with van der Waals surface area (Å²) in [4.78, 5) is 13.4. The predicted molar refractivity (Wildman–Crippen MR) is 57.5 cm³/mol. The van der Waals surface area contributed by atoms with Crippen LogP contribution in [0.5, 0.6) is 0 Å². The highest BCUT2D eigenvalue weighted by Gasteiger charge is 2.34. The summed E-state index contributed by atoms with van der Waals surface area (Å²) < 4.78 is 5.38. The molecule has 1 heterocycles. The normalized spacial score (nSPS) is 23.9. The van der Waals surface area contributed by atoms with Gasteiger partial charge in [0.05, 0.1) is 25.2 Å². The number of carbonyl (C=O) groups is 1. The van der Waals surface area contributed by atoms with Crippen LogP contribution in [0, 0.1) is 5.92 Å². The van der Waals surface area contributed by atoms with E-state index in [4.69, 9.17) is 4.74 Å². The van der Waals surface area contributed by atoms with Crippen molar-refractivity contribution in [1.29, 1.82) is 0 Å². The van der Waals surface area contributed by atoms with Gasteiger partial charge in [0.25, 0.3) is 0 Å². The van der Waals surface area contributed by atoms with Crippen molar-refractivity contribution in [2.24, 2.45) is 5.92 Å². The van der Waals surface area contributed by atoms with Gasteiger partial charge in [-0.2, -0.15) is 0 Å². The Morgan fingerprint density at radius 3 is 2.67 bits per heavy atom. The van der Waals surface area contributed by atoms with E-state index < -0.39 is 6.10 Å². The van der Waals surface area contributed by atoms with Gasteiger partial charge in [0.2, 0.25) is 5.91 Å². The second-order valence-corrected chi connectivity index (χ2v) is 4.37. The van der Waals surface area contributed by atoms with Crippen molar-refractivity contribution in [2.45, 2.75) is 39.3 Å². The molecule has 0 radical (unpaired) electrons. The summed E-state index contributed by atoms with van der Waals surface area (Å²) in [6.07, 6.45) is -0.240. The fourth-order valence-electron chi connectivity index (χ4n) is 1.91. The van der Waals surface area contributed by atoms with Crippen molar-refractivity contribution in [3.05, 3.63) is 0 Å². The first-order valence-corrected chi connectivity index (χ1v) is 5.61. The van der Waals surface area contributed by atoms with E-state index in [1.807, 2.05) is 6.92 Å². The summed E-state index contributed by atoms with van der Waals surface area (Å²) >= 11 is 0. The largest absolute Gasteiger partial charge is 0.391 e. The lowest BCUT2D eigenvalue weighted by atomic mass is 10.0. The summed E-state index contributed by atoms with van der Waals surface area (Å²) in [6, 6.07) is 0.0922. The van der Waals surface area contributed by atoms with E-state index in [9.17, 15) is 9.90 Å². The van der Waals surface area contributed by atoms with Crippen LogP contribution in [0.25, 0.3) is 0 Å². The Labute approximate surface area is 91.2 Å². The van der Waals surface area contributed by atoms with Crippen LogP contribution in [0.2, 0.25) is 0 Å². The molecule has 0 saturated carbocycles. The topological polar surface area (TPSA) is 49.8 Å². The number of hydrogen-bond donors (Lipinski definition) is 1. The maximum absolute atomic E-state index is 11.6. The van der Waals surface area contributed by atoms with Gasteiger partial charge >= 0.3 is 0 Å². The van der Waals surface area contributed by atoms with E-state index in [2.05, 4.69) is 13.8 Å². The minimum Gasteiger partial charge on any atom is -0.391 e. The van der Waals surface area contributed by atoms with Crippen LogP contribution in [0.1, 0.15) is 27.2 Å². The first-order valence-electron chi connectivity index (χ1n) is 5.61. The second-order valence-electron chi connectivity index (χ2n) is 4.37. The molecule has 0 aliphatic carbocycles. The van der Waals surface area contributed by atoms with Gasteiger partial charge in [-0.05, 0) is 12.8 Å². The number of ether oxygens (including phenoxy) is 1. The molecule has 4 heteroatoms. The summed E-state index contributed by atoms with van der Waals surface area (Å²) in [5.74, 6) is 0.395. The summed E-state index contributed by atoms with van der Waals surface area (Å²) in [5, 5.41) is 9.42. The number of β-amino-alcohol motifs (C(OH)–C–C–N with tert-alkyl or cyclic N) is 1. The van der Waals surface area contributed by atoms with Gasteiger partial charge in [-0.15, -0.1) is 0 Å². The van der Waals surface area contributed by atoms with E-state index in [0.29, 0.717) is 25.7 Å². The highest BCUT2D eigenvalue weighted by molar-refractivity contribution is 5.79. The van der Waals surface area contributed by atoms with Crippen LogP contribution in [0.3, 0.4) is 0 Å². The third kappa shape index (κ3) is 3.18. The quantitative estimate of drug-likeness (QED) is 0.732. The zero-order valence-corrected chi connectivity index (χ0v) is 9.77. The van der Waals surface area contributed by atoms with Crippen molar-refractivity contribution in [3.8, 4) is 0 Å². The zero-order valence-electron chi connectivity index (χ0n) is 9.77. The molecule has 0 aromatic rings. The first-order chi connectivity index (χ1) is 7.06. The smallest absolute Gasteiger partial charge is 0.225 e. The van der Waals surface area contributed by atoms with Crippen LogP contribution in [0.15, 0.2) is 0 Å². The average Bonchev–Trinajstić information content (AvgIpc) is 2.46. The standard InChI is InChI=1S/C11H21NO3/c1-4-15-7-10(8(2)3)12-6-9(13)5-11(12)14/h8-10,13H,4-7H2,1-3H3. The van der Waals surface area contributed by atoms with Crippen molar-refractivity contribution >= 4 is 5.91 Å². The Morgan fingerprint density at radius 1 is 1.60 bits per heavy atom. The molecule has 1 fully saturated rings. The van der Waals surface area contributed by atoms with Crippen molar-refractivity contribution in [2.75, 3.05) is 19.8 Å². The highest BCUT2D eigenvalue weighted by atomic mass is 16.5. The molecule has 2 unspecified atom stereocenters. The monoisotopic (exact) mass is 215 g/mol. The number of rotatable bonds is 5. The molecule has 15 heavy (non-hydrogen) atoms. The fraction of sp³-hybridized carbons (Fsp3) is 0.909. The Kier molecular flexibility index (Phi) is 4.54. The molecule has 1 aliphatic heterocycles. The molecule has 1 N–H and O–H groups in total. The number of amides is 1. The SMILES string of the molecule is CCOCC(C(C)C)N1CC(O)CC1=O. The van der Waals surface area contributed by atoms with E-state index in [0.717, 1.165) is 0 Å². The molecular weight excluding hydrogens is 194 g/mol. The predicted octanol–water partition coefficient (Wildman–Crippen LogP) is 0.641. The Balaban J connectivity index is 2.59. The highest BCUT2D eigenvalue weighted by Crippen LogP contribution is 2.19. The van der Waals surface area contributed by atoms with E-state index >= 15 is 0 Å². The van der Waals surface area contributed by atoms with Crippen molar-refractivity contribution < 1.29 is 14.6 Å². The maximum atomic E-state index is 11.6. The minimum absolute atomic E-state index is 0.0425. The molecule has 0 spiro atoms. The number of hydrogen-bond acceptors (Lipinski definition) is 3. The van der Waals surface area contributed by atoms with Gasteiger partial charge in [0, 0.05) is 13.2 Å². The van der Waals surface area contributed by atoms with Crippen LogP contribution in [-0.4, -0.2) is 47.8 Å². The summed E-state index contributed by atoms with van der Waals surface area (Å²) in [5.41, 5.74) is 0. The number of aliphatic hydroxyl groups excluding tert-OH is 1. The lowest BCUT2D eigenvalue weighted by Gasteiger charge is -2.30. The first kappa shape index (κ1) is 12.5. The van der Waals surface area contributed by atoms with Gasteiger partial charge < -0.3 is 14.7 Å². The number of carbonyl (C=O) groups excluding carboxylic acids is 1. The molecular formula is C11H21NO3. The van der Waals surface area contributed by atoms with Crippen LogP contribution in [0.4, 0.5) is 0 Å². The van der Waals surface area contributed by atoms with Gasteiger partial charge in [-0.1, -0.05) is 13.8 Å². The van der Waals surface area contributed by atoms with Crippen molar-refractivity contribution in [1.82, 2.24) is 4.90 Å². The Morgan fingerprint density at radius 2 is 2.27 bits per heavy atom. The molecule has 2 atom stereocenters. The van der Waals surface area contributed by atoms with E-state index in [-0.39, 0.29) is 18.4 Å². The fourth-order valence-corrected chi connectivity index (χ4v) is 1.91. The lowest BCUT2D eigenvalue weighted by Crippen LogP contribution is -2.43. The van der Waals surface area contributed by atoms with Crippen molar-refractivity contribution in [3.63, 3.8) is 0 Å². The molecule has 88 valence electrons. The minimum atomic E-state index is -0.500. The maximum Gasteiger partial charge on any atom is 0.225 e. The molecule has 0 aromatic heterocycles. The average molecular weight is 215 g/mol. The second kappa shape index (κ2) is 5.47.